The van der Waals surface area contributed by atoms with Crippen LogP contribution in [0.1, 0.15) is 30.9 Å². The van der Waals surface area contributed by atoms with E-state index in [0.29, 0.717) is 28.3 Å². The Balaban J connectivity index is 1.69. The van der Waals surface area contributed by atoms with Gasteiger partial charge in [-0.3, -0.25) is 0 Å². The van der Waals surface area contributed by atoms with Crippen LogP contribution in [-0.4, -0.2) is 29.9 Å². The van der Waals surface area contributed by atoms with Crippen molar-refractivity contribution in [1.29, 1.82) is 0 Å². The third-order valence-corrected chi connectivity index (χ3v) is 7.90. The van der Waals surface area contributed by atoms with Gasteiger partial charge in [0.2, 0.25) is 0 Å². The minimum absolute atomic E-state index is 0.115. The average Bonchev–Trinajstić information content (AvgIpc) is 3.15. The van der Waals surface area contributed by atoms with Crippen LogP contribution >= 0.6 is 10.8 Å². The molecule has 0 spiro atoms. The van der Waals surface area contributed by atoms with Crippen molar-refractivity contribution in [3.8, 4) is 0 Å². The fourth-order valence-electron chi connectivity index (χ4n) is 3.75. The predicted octanol–water partition coefficient (Wildman–Crippen LogP) is 4.54. The first-order valence-electron chi connectivity index (χ1n) is 10.4. The molecule has 2 aliphatic rings. The maximum absolute atomic E-state index is 13.0. The smallest absolute Gasteiger partial charge is 0.513 e. The fourth-order valence-corrected chi connectivity index (χ4v) is 6.53. The van der Waals surface area contributed by atoms with Gasteiger partial charge >= 0.3 is 12.1 Å². The molecule has 172 valence electrons. The molecular formula is C24H23NO6S2. The van der Waals surface area contributed by atoms with Gasteiger partial charge in [-0.15, -0.1) is 0 Å². The van der Waals surface area contributed by atoms with Crippen LogP contribution < -0.4 is 5.32 Å². The zero-order valence-electron chi connectivity index (χ0n) is 18.2. The quantitative estimate of drug-likeness (QED) is 0.347. The van der Waals surface area contributed by atoms with Crippen molar-refractivity contribution in [2.45, 2.75) is 30.4 Å². The van der Waals surface area contributed by atoms with Crippen molar-refractivity contribution in [3.63, 3.8) is 0 Å². The molecule has 4 rings (SSSR count). The van der Waals surface area contributed by atoms with Gasteiger partial charge in [-0.2, -0.15) is 0 Å². The fraction of sp³-hybridized carbons (Fsp3) is 0.250. The highest BCUT2D eigenvalue weighted by molar-refractivity contribution is 8.71. The highest BCUT2D eigenvalue weighted by atomic mass is 33.1. The van der Waals surface area contributed by atoms with Crippen LogP contribution in [0.25, 0.3) is 0 Å². The predicted molar refractivity (Wildman–Crippen MR) is 125 cm³/mol. The van der Waals surface area contributed by atoms with E-state index in [9.17, 15) is 14.1 Å². The van der Waals surface area contributed by atoms with E-state index in [1.165, 1.54) is 10.8 Å². The summed E-state index contributed by atoms with van der Waals surface area (Å²) >= 11 is 0. The molecule has 2 aromatic carbocycles. The number of allylic oxidation sites excluding steroid dienone is 2. The summed E-state index contributed by atoms with van der Waals surface area (Å²) in [6.07, 6.45) is -0.855. The van der Waals surface area contributed by atoms with Gasteiger partial charge in [0.15, 0.2) is 0 Å². The molecule has 0 aliphatic carbocycles. The molecule has 7 nitrogen and oxygen atoms in total. The minimum atomic E-state index is -1.27. The Hall–Kier alpha value is -2.88. The number of esters is 1. The number of benzene rings is 2. The number of ether oxygens (including phenoxy) is 3. The largest absolute Gasteiger partial charge is 0.605 e. The zero-order valence-corrected chi connectivity index (χ0v) is 19.8. The van der Waals surface area contributed by atoms with E-state index in [0.717, 1.165) is 10.5 Å². The molecule has 2 unspecified atom stereocenters. The Kier molecular flexibility index (Phi) is 7.32. The Labute approximate surface area is 198 Å². The molecule has 0 aromatic heterocycles. The number of nitrogens with one attached hydrogen (secondary N) is 1. The minimum Gasteiger partial charge on any atom is -0.605 e. The molecule has 0 saturated carbocycles. The van der Waals surface area contributed by atoms with Crippen molar-refractivity contribution in [2.24, 2.45) is 0 Å². The monoisotopic (exact) mass is 485 g/mol. The molecular weight excluding hydrogens is 462 g/mol. The summed E-state index contributed by atoms with van der Waals surface area (Å²) in [7, 11) is -0.0560. The molecule has 2 aliphatic heterocycles. The highest BCUT2D eigenvalue weighted by Crippen LogP contribution is 2.45. The second kappa shape index (κ2) is 10.4. The van der Waals surface area contributed by atoms with E-state index in [1.807, 2.05) is 54.6 Å². The van der Waals surface area contributed by atoms with E-state index in [-0.39, 0.29) is 19.0 Å². The number of cyclic esters (lactones) is 1. The number of hydrogen-bond donors (Lipinski definition) is 1. The molecule has 0 fully saturated rings. The van der Waals surface area contributed by atoms with E-state index < -0.39 is 28.3 Å². The van der Waals surface area contributed by atoms with E-state index >= 15 is 0 Å². The number of carbonyl (C=O) groups excluding carboxylic acids is 2. The van der Waals surface area contributed by atoms with Crippen LogP contribution in [-0.2, 0) is 35.0 Å². The van der Waals surface area contributed by atoms with Crippen LogP contribution in [0.2, 0.25) is 0 Å². The van der Waals surface area contributed by atoms with Crippen LogP contribution in [0.5, 0.6) is 0 Å². The summed E-state index contributed by atoms with van der Waals surface area (Å²) in [5.74, 6) is -0.542. The molecule has 2 atom stereocenters. The topological polar surface area (TPSA) is 96.9 Å². The van der Waals surface area contributed by atoms with Crippen LogP contribution in [0, 0.1) is 0 Å². The lowest BCUT2D eigenvalue weighted by molar-refractivity contribution is -0.136. The summed E-state index contributed by atoms with van der Waals surface area (Å²) in [6, 6.07) is 17.0. The molecule has 0 radical (unpaired) electrons. The number of carbonyl (C=O) groups is 2. The first-order chi connectivity index (χ1) is 16.0. The zero-order chi connectivity index (χ0) is 23.4. The standard InChI is InChI=1S/C24H23NO6S2/c1-3-29-24(27)31-22-15(2)25-18-13-30-23(26)21(18)20(22)17-11-7-8-12-19(17)32-33(28)14-16-9-5-4-6-10-16/h4-12,20,25H,3,13-14H2,1-2H3. The highest BCUT2D eigenvalue weighted by Gasteiger charge is 2.42. The van der Waals surface area contributed by atoms with Crippen molar-refractivity contribution < 1.29 is 28.4 Å². The van der Waals surface area contributed by atoms with E-state index in [4.69, 9.17) is 14.2 Å². The van der Waals surface area contributed by atoms with Crippen molar-refractivity contribution >= 4 is 33.1 Å². The van der Waals surface area contributed by atoms with Gasteiger partial charge < -0.3 is 24.1 Å². The van der Waals surface area contributed by atoms with Crippen LogP contribution in [0.15, 0.2) is 82.2 Å². The third-order valence-electron chi connectivity index (χ3n) is 5.15. The van der Waals surface area contributed by atoms with Gasteiger partial charge in [0, 0.05) is 15.8 Å². The van der Waals surface area contributed by atoms with Crippen molar-refractivity contribution in [3.05, 3.63) is 88.5 Å². The second-order valence-electron chi connectivity index (χ2n) is 7.36. The first-order valence-corrected chi connectivity index (χ1v) is 13.0. The summed E-state index contributed by atoms with van der Waals surface area (Å²) in [5, 5.41) is 3.11. The lowest BCUT2D eigenvalue weighted by atomic mass is 9.85. The normalized spacial score (nSPS) is 18.4. The lowest BCUT2D eigenvalue weighted by Crippen LogP contribution is -2.28. The Morgan fingerprint density at radius 1 is 1.21 bits per heavy atom. The Morgan fingerprint density at radius 2 is 1.94 bits per heavy atom. The molecule has 2 heterocycles. The maximum atomic E-state index is 13.0. The summed E-state index contributed by atoms with van der Waals surface area (Å²) < 4.78 is 28.7. The summed E-state index contributed by atoms with van der Waals surface area (Å²) in [5.41, 5.74) is 3.26. The molecule has 33 heavy (non-hydrogen) atoms. The van der Waals surface area contributed by atoms with E-state index in [1.54, 1.807) is 13.8 Å². The maximum Gasteiger partial charge on any atom is 0.513 e. The van der Waals surface area contributed by atoms with Crippen LogP contribution in [0.4, 0.5) is 4.79 Å². The SMILES string of the molecule is CCOC(=O)OC1=C(C)NC2=C(C(=O)OC2)C1c1ccccc1S[S+]([O-])Cc1ccccc1. The molecule has 0 saturated heterocycles. The number of dihydropyridines is 1. The molecule has 1 N–H and O–H groups in total. The van der Waals surface area contributed by atoms with Gasteiger partial charge in [0.25, 0.3) is 0 Å². The average molecular weight is 486 g/mol. The second-order valence-corrected chi connectivity index (χ2v) is 10.5. The van der Waals surface area contributed by atoms with Gasteiger partial charge in [0.05, 0.1) is 34.4 Å². The molecule has 0 bridgehead atoms. The van der Waals surface area contributed by atoms with Crippen molar-refractivity contribution in [2.75, 3.05) is 13.2 Å². The molecule has 0 amide bonds. The van der Waals surface area contributed by atoms with Gasteiger partial charge in [0.1, 0.15) is 28.9 Å². The lowest BCUT2D eigenvalue weighted by Gasteiger charge is -2.28. The Bertz CT molecular complexity index is 1110. The van der Waals surface area contributed by atoms with Gasteiger partial charge in [-0.1, -0.05) is 48.5 Å². The molecule has 9 heteroatoms. The summed E-state index contributed by atoms with van der Waals surface area (Å²) in [6.45, 7) is 3.72. The van der Waals surface area contributed by atoms with Gasteiger partial charge in [-0.05, 0) is 25.5 Å². The van der Waals surface area contributed by atoms with Crippen molar-refractivity contribution in [1.82, 2.24) is 5.32 Å². The van der Waals surface area contributed by atoms with Crippen LogP contribution in [0.3, 0.4) is 0 Å². The first kappa shape index (κ1) is 23.3. The summed E-state index contributed by atoms with van der Waals surface area (Å²) in [4.78, 5) is 25.6. The number of hydrogen-bond acceptors (Lipinski definition) is 8. The third kappa shape index (κ3) is 5.21. The van der Waals surface area contributed by atoms with E-state index in [2.05, 4.69) is 5.32 Å². The van der Waals surface area contributed by atoms with Gasteiger partial charge in [-0.25, -0.2) is 9.59 Å². The number of rotatable bonds is 7. The Morgan fingerprint density at radius 3 is 2.70 bits per heavy atom. The molecule has 2 aromatic rings.